The largest absolute Gasteiger partial charge is 0.493 e. The van der Waals surface area contributed by atoms with E-state index in [0.717, 1.165) is 27.4 Å². The molecule has 5 aliphatic heterocycles. The SMILES string of the molecule is COc1cc2c(cc1OCCCCCOc1cc3c(cc1OC)C(=O)N1C=C(C)C[C@H]1[C@H](O)N3C(=O)OCc1ccc(NC(=O)[C@H](C)NC(=O)C(NC(=O)CCOCCOCCOCCOCCOCCOCCOCCOCCNC(=O)CCN3C(=O)C=CC3=O)C(C)C)cc1)N=C[C@@H]1CC(C)=CN1C2=O. The summed E-state index contributed by atoms with van der Waals surface area (Å²) in [6.45, 7) is 15.0. The number of methoxy groups -OCH3 is 2. The Labute approximate surface area is 622 Å². The molecule has 5 aliphatic rings. The van der Waals surface area contributed by atoms with Crippen molar-refractivity contribution in [3.8, 4) is 23.0 Å². The van der Waals surface area contributed by atoms with Crippen molar-refractivity contribution < 1.29 is 110 Å². The number of fused-ring (bicyclic) bond motifs is 4. The Morgan fingerprint density at radius 1 is 0.570 bits per heavy atom. The van der Waals surface area contributed by atoms with Gasteiger partial charge in [-0.2, -0.15) is 0 Å². The Morgan fingerprint density at radius 3 is 1.66 bits per heavy atom. The molecule has 0 bridgehead atoms. The van der Waals surface area contributed by atoms with Crippen LogP contribution in [0.1, 0.15) is 106 Å². The highest BCUT2D eigenvalue weighted by Crippen LogP contribution is 2.43. The molecule has 8 rings (SSSR count). The lowest BCUT2D eigenvalue weighted by Crippen LogP contribution is -2.53. The number of imide groups is 1. The molecule has 32 heteroatoms. The van der Waals surface area contributed by atoms with Crippen LogP contribution in [0, 0.1) is 5.92 Å². The van der Waals surface area contributed by atoms with Crippen molar-refractivity contribution in [3.05, 3.63) is 101 Å². The highest BCUT2D eigenvalue weighted by molar-refractivity contribution is 6.13. The highest BCUT2D eigenvalue weighted by Gasteiger charge is 2.45. The number of unbranched alkanes of at least 4 members (excludes halogenated alkanes) is 2. The van der Waals surface area contributed by atoms with E-state index in [0.29, 0.717) is 159 Å². The lowest BCUT2D eigenvalue weighted by molar-refractivity contribution is -0.137. The van der Waals surface area contributed by atoms with Gasteiger partial charge in [0.1, 0.15) is 18.7 Å². The number of ether oxygens (including phenoxy) is 13. The van der Waals surface area contributed by atoms with E-state index in [9.17, 15) is 48.3 Å². The number of carbonyl (C=O) groups is 9. The van der Waals surface area contributed by atoms with Crippen molar-refractivity contribution in [2.45, 2.75) is 117 Å². The number of amides is 9. The summed E-state index contributed by atoms with van der Waals surface area (Å²) in [6, 6.07) is 9.93. The molecule has 5 atom stereocenters. The molecular weight excluding hydrogens is 1390 g/mol. The Morgan fingerprint density at radius 2 is 1.09 bits per heavy atom. The molecule has 32 nitrogen and oxygen atoms in total. The number of anilines is 2. The number of hydrogen-bond donors (Lipinski definition) is 5. The van der Waals surface area contributed by atoms with Gasteiger partial charge < -0.3 is 97.8 Å². The number of aliphatic imine (C=N–C) groups is 1. The first-order valence-corrected chi connectivity index (χ1v) is 36.0. The van der Waals surface area contributed by atoms with E-state index < -0.39 is 65.9 Å². The fourth-order valence-electron chi connectivity index (χ4n) is 11.7. The van der Waals surface area contributed by atoms with Crippen LogP contribution in [0.25, 0.3) is 0 Å². The molecule has 9 amide bonds. The molecule has 3 aromatic carbocycles. The van der Waals surface area contributed by atoms with Crippen LogP contribution in [-0.2, 0) is 78.0 Å². The van der Waals surface area contributed by atoms with E-state index >= 15 is 0 Å². The van der Waals surface area contributed by atoms with E-state index in [1.54, 1.807) is 67.6 Å². The number of nitrogens with one attached hydrogen (secondary N) is 4. The second kappa shape index (κ2) is 43.4. The van der Waals surface area contributed by atoms with Crippen LogP contribution in [0.4, 0.5) is 21.9 Å². The first kappa shape index (κ1) is 83.3. The van der Waals surface area contributed by atoms with Gasteiger partial charge in [0.25, 0.3) is 23.6 Å². The van der Waals surface area contributed by atoms with Gasteiger partial charge in [-0.15, -0.1) is 0 Å². The van der Waals surface area contributed by atoms with E-state index in [-0.39, 0.29) is 98.9 Å². The lowest BCUT2D eigenvalue weighted by Gasteiger charge is -2.31. The molecule has 0 aliphatic carbocycles. The van der Waals surface area contributed by atoms with Gasteiger partial charge in [-0.3, -0.25) is 48.2 Å². The van der Waals surface area contributed by atoms with Crippen LogP contribution in [-0.4, -0.2) is 256 Å². The lowest BCUT2D eigenvalue weighted by atomic mass is 10.0. The number of benzene rings is 3. The first-order chi connectivity index (χ1) is 51.7. The molecule has 0 radical (unpaired) electrons. The quantitative estimate of drug-likeness (QED) is 0.0354. The maximum Gasteiger partial charge on any atom is 0.416 e. The third-order valence-electron chi connectivity index (χ3n) is 17.5. The van der Waals surface area contributed by atoms with Crippen LogP contribution in [0.5, 0.6) is 23.0 Å². The molecule has 0 saturated heterocycles. The zero-order valence-electron chi connectivity index (χ0n) is 61.9. The third kappa shape index (κ3) is 25.4. The molecule has 5 heterocycles. The zero-order chi connectivity index (χ0) is 76.6. The minimum atomic E-state index is -1.53. The Balaban J connectivity index is 0.649. The van der Waals surface area contributed by atoms with Crippen molar-refractivity contribution in [2.24, 2.45) is 10.9 Å². The summed E-state index contributed by atoms with van der Waals surface area (Å²) in [5, 5.41) is 22.8. The number of aliphatic hydroxyl groups excluding tert-OH is 1. The average Bonchev–Trinajstić information content (AvgIpc) is 1.63. The molecule has 1 unspecified atom stereocenters. The van der Waals surface area contributed by atoms with Crippen molar-refractivity contribution in [2.75, 3.05) is 156 Å². The number of rotatable bonds is 48. The summed E-state index contributed by atoms with van der Waals surface area (Å²) in [4.78, 5) is 126. The van der Waals surface area contributed by atoms with Gasteiger partial charge in [-0.25, -0.2) is 9.69 Å². The standard InChI is InChI=1S/C75H101N9O23/c1-49(2)69(80-66(86)18-23-97-25-27-99-29-31-101-33-35-103-37-38-104-36-34-102-32-30-100-28-26-98-24-19-76-65(85)17-20-81-67(87)15-16-68(81)88)71(90)78-52(5)70(89)79-54-13-11-53(12-14-54)48-107-75(94)84-59-44-64(62(96-7)42-57(59)73(92)83-47-51(4)40-60(83)74(84)93)106-22-10-8-9-21-105-63-43-58-56(41-61(63)95-6)72(91)82-46-50(3)39-55(82)45-77-58/h11-16,41-47,49,52,55,60,69,74,93H,8-10,17-40,48H2,1-7H3,(H,76,85)(H,78,90)(H,79,89)(H,80,86)/t52-,55-,60-,69?,74-/m0/s1. The third-order valence-corrected chi connectivity index (χ3v) is 17.5. The van der Waals surface area contributed by atoms with Crippen molar-refractivity contribution in [1.82, 2.24) is 30.7 Å². The summed E-state index contributed by atoms with van der Waals surface area (Å²) < 4.78 is 73.6. The smallest absolute Gasteiger partial charge is 0.416 e. The molecule has 584 valence electrons. The fourth-order valence-corrected chi connectivity index (χ4v) is 11.7. The number of hydrogen-bond acceptors (Lipinski definition) is 24. The summed E-state index contributed by atoms with van der Waals surface area (Å²) in [7, 11) is 2.96. The average molecular weight is 1500 g/mol. The Bertz CT molecular complexity index is 3620. The number of aliphatic hydroxyl groups is 1. The van der Waals surface area contributed by atoms with E-state index in [2.05, 4.69) is 26.3 Å². The molecule has 107 heavy (non-hydrogen) atoms. The van der Waals surface area contributed by atoms with Crippen molar-refractivity contribution >= 4 is 76.6 Å². The summed E-state index contributed by atoms with van der Waals surface area (Å²) >= 11 is 0. The van der Waals surface area contributed by atoms with E-state index in [1.165, 1.54) is 50.3 Å². The molecule has 0 spiro atoms. The summed E-state index contributed by atoms with van der Waals surface area (Å²) in [5.74, 6) is -2.18. The van der Waals surface area contributed by atoms with Gasteiger partial charge in [0.05, 0.1) is 168 Å². The first-order valence-electron chi connectivity index (χ1n) is 36.0. The molecule has 0 fully saturated rings. The van der Waals surface area contributed by atoms with Gasteiger partial charge >= 0.3 is 6.09 Å². The van der Waals surface area contributed by atoms with Crippen molar-refractivity contribution in [3.63, 3.8) is 0 Å². The predicted octanol–water partition coefficient (Wildman–Crippen LogP) is 5.30. The van der Waals surface area contributed by atoms with Crippen LogP contribution < -0.4 is 45.1 Å². The molecular formula is C75H101N9O23. The van der Waals surface area contributed by atoms with E-state index in [4.69, 9.17) is 61.6 Å². The predicted molar refractivity (Wildman–Crippen MR) is 388 cm³/mol. The minimum absolute atomic E-state index is 0.0148. The van der Waals surface area contributed by atoms with Gasteiger partial charge in [-0.05, 0) is 88.6 Å². The molecule has 3 aromatic rings. The molecule has 0 saturated carbocycles. The maximum absolute atomic E-state index is 14.3. The fraction of sp³-hybridized carbons (Fsp3) is 0.547. The summed E-state index contributed by atoms with van der Waals surface area (Å²) in [6.07, 6.45) is 8.15. The normalized spacial score (nSPS) is 17.0. The Kier molecular flexibility index (Phi) is 33.8. The van der Waals surface area contributed by atoms with Crippen LogP contribution in [0.15, 0.2) is 89.2 Å². The van der Waals surface area contributed by atoms with Gasteiger partial charge in [0.2, 0.25) is 23.6 Å². The second-order valence-electron chi connectivity index (χ2n) is 25.9. The highest BCUT2D eigenvalue weighted by atomic mass is 16.6. The van der Waals surface area contributed by atoms with E-state index in [1.807, 2.05) is 20.0 Å². The zero-order valence-corrected chi connectivity index (χ0v) is 61.9. The minimum Gasteiger partial charge on any atom is -0.493 e. The Hall–Kier alpha value is -9.38. The topological polar surface area (TPSA) is 367 Å². The van der Waals surface area contributed by atoms with Crippen LogP contribution in [0.2, 0.25) is 0 Å². The van der Waals surface area contributed by atoms with Crippen LogP contribution >= 0.6 is 0 Å². The van der Waals surface area contributed by atoms with Crippen molar-refractivity contribution in [1.29, 1.82) is 0 Å². The number of nitrogens with zero attached hydrogens (tertiary/aromatic N) is 5. The second-order valence-corrected chi connectivity index (χ2v) is 25.9. The van der Waals surface area contributed by atoms with Crippen LogP contribution in [0.3, 0.4) is 0 Å². The maximum atomic E-state index is 14.3. The van der Waals surface area contributed by atoms with Gasteiger partial charge in [0.15, 0.2) is 29.2 Å². The number of carbonyl (C=O) groups excluding carboxylic acids is 9. The summed E-state index contributed by atoms with van der Waals surface area (Å²) in [5.41, 5.74) is 3.91. The molecule has 5 N–H and O–H groups in total. The molecule has 0 aromatic heterocycles. The van der Waals surface area contributed by atoms with Gasteiger partial charge in [0, 0.05) is 74.5 Å². The van der Waals surface area contributed by atoms with Gasteiger partial charge in [-0.1, -0.05) is 37.1 Å². The monoisotopic (exact) mass is 1500 g/mol.